The number of nitrogens with zero attached hydrogens (tertiary/aromatic N) is 1. The van der Waals surface area contributed by atoms with Crippen LogP contribution in [0.1, 0.15) is 18.1 Å². The van der Waals surface area contributed by atoms with Crippen molar-refractivity contribution in [2.24, 2.45) is 0 Å². The molecule has 2 aromatic carbocycles. The highest BCUT2D eigenvalue weighted by atomic mass is 19.1. The SMILES string of the molecule is CCNCc1ccccc1CN(C)c1cccc(F)c1. The van der Waals surface area contributed by atoms with Gasteiger partial charge in [-0.15, -0.1) is 0 Å². The molecule has 3 heteroatoms. The van der Waals surface area contributed by atoms with Crippen LogP contribution in [0.15, 0.2) is 48.5 Å². The predicted molar refractivity (Wildman–Crippen MR) is 82.3 cm³/mol. The molecule has 0 amide bonds. The topological polar surface area (TPSA) is 15.3 Å². The van der Waals surface area contributed by atoms with E-state index >= 15 is 0 Å². The van der Waals surface area contributed by atoms with Gasteiger partial charge >= 0.3 is 0 Å². The second-order valence-electron chi connectivity index (χ2n) is 4.88. The predicted octanol–water partition coefficient (Wildman–Crippen LogP) is 3.57. The van der Waals surface area contributed by atoms with E-state index in [1.54, 1.807) is 12.1 Å². The molecule has 0 fully saturated rings. The van der Waals surface area contributed by atoms with Crippen molar-refractivity contribution in [2.75, 3.05) is 18.5 Å². The molecule has 0 aliphatic carbocycles. The Kier molecular flexibility index (Phi) is 5.13. The van der Waals surface area contributed by atoms with Crippen molar-refractivity contribution < 1.29 is 4.39 Å². The summed E-state index contributed by atoms with van der Waals surface area (Å²) < 4.78 is 13.3. The van der Waals surface area contributed by atoms with Crippen LogP contribution in [-0.2, 0) is 13.1 Å². The third-order valence-electron chi connectivity index (χ3n) is 3.34. The monoisotopic (exact) mass is 272 g/mol. The van der Waals surface area contributed by atoms with Crippen molar-refractivity contribution in [3.05, 3.63) is 65.5 Å². The largest absolute Gasteiger partial charge is 0.370 e. The molecule has 106 valence electrons. The molecule has 0 saturated heterocycles. The summed E-state index contributed by atoms with van der Waals surface area (Å²) in [6.07, 6.45) is 0. The summed E-state index contributed by atoms with van der Waals surface area (Å²) >= 11 is 0. The molecule has 0 atom stereocenters. The van der Waals surface area contributed by atoms with Gasteiger partial charge in [0.05, 0.1) is 0 Å². The highest BCUT2D eigenvalue weighted by molar-refractivity contribution is 5.46. The minimum Gasteiger partial charge on any atom is -0.370 e. The first-order valence-corrected chi connectivity index (χ1v) is 6.95. The molecule has 0 aliphatic rings. The van der Waals surface area contributed by atoms with Gasteiger partial charge in [0.2, 0.25) is 0 Å². The molecule has 0 aromatic heterocycles. The van der Waals surface area contributed by atoms with Gasteiger partial charge in [-0.05, 0) is 35.9 Å². The summed E-state index contributed by atoms with van der Waals surface area (Å²) in [5, 5.41) is 3.35. The van der Waals surface area contributed by atoms with Crippen LogP contribution >= 0.6 is 0 Å². The Morgan fingerprint density at radius 3 is 2.50 bits per heavy atom. The number of rotatable bonds is 6. The van der Waals surface area contributed by atoms with Gasteiger partial charge < -0.3 is 10.2 Å². The van der Waals surface area contributed by atoms with Crippen LogP contribution < -0.4 is 10.2 Å². The molecular formula is C17H21FN2. The van der Waals surface area contributed by atoms with Gasteiger partial charge in [0.1, 0.15) is 5.82 Å². The molecule has 2 aromatic rings. The summed E-state index contributed by atoms with van der Waals surface area (Å²) in [4.78, 5) is 2.06. The van der Waals surface area contributed by atoms with Crippen molar-refractivity contribution in [1.82, 2.24) is 5.32 Å². The smallest absolute Gasteiger partial charge is 0.125 e. The standard InChI is InChI=1S/C17H21FN2/c1-3-19-12-14-7-4-5-8-15(14)13-20(2)17-10-6-9-16(18)11-17/h4-11,19H,3,12-13H2,1-2H3. The van der Waals surface area contributed by atoms with E-state index in [0.29, 0.717) is 0 Å². The van der Waals surface area contributed by atoms with Crippen LogP contribution in [0.5, 0.6) is 0 Å². The average Bonchev–Trinajstić information content (AvgIpc) is 2.46. The number of benzene rings is 2. The minimum absolute atomic E-state index is 0.199. The van der Waals surface area contributed by atoms with E-state index in [1.807, 2.05) is 19.2 Å². The molecular weight excluding hydrogens is 251 g/mol. The summed E-state index contributed by atoms with van der Waals surface area (Å²) in [6, 6.07) is 15.1. The fourth-order valence-corrected chi connectivity index (χ4v) is 2.20. The first-order valence-electron chi connectivity index (χ1n) is 6.95. The summed E-state index contributed by atoms with van der Waals surface area (Å²) in [5.74, 6) is -0.199. The highest BCUT2D eigenvalue weighted by Crippen LogP contribution is 2.18. The maximum Gasteiger partial charge on any atom is 0.125 e. The first-order chi connectivity index (χ1) is 9.70. The van der Waals surface area contributed by atoms with Gasteiger partial charge in [-0.2, -0.15) is 0 Å². The second kappa shape index (κ2) is 7.06. The van der Waals surface area contributed by atoms with Gasteiger partial charge in [0, 0.05) is 25.8 Å². The molecule has 2 rings (SSSR count). The van der Waals surface area contributed by atoms with Crippen molar-refractivity contribution >= 4 is 5.69 Å². The van der Waals surface area contributed by atoms with Gasteiger partial charge in [0.25, 0.3) is 0 Å². The molecule has 1 N–H and O–H groups in total. The summed E-state index contributed by atoms with van der Waals surface area (Å²) in [5.41, 5.74) is 3.45. The minimum atomic E-state index is -0.199. The van der Waals surface area contributed by atoms with Crippen LogP contribution in [0.4, 0.5) is 10.1 Å². The lowest BCUT2D eigenvalue weighted by Crippen LogP contribution is -2.19. The zero-order chi connectivity index (χ0) is 14.4. The molecule has 0 saturated carbocycles. The van der Waals surface area contributed by atoms with Gasteiger partial charge in [0.15, 0.2) is 0 Å². The van der Waals surface area contributed by atoms with E-state index < -0.39 is 0 Å². The Morgan fingerprint density at radius 1 is 1.05 bits per heavy atom. The third kappa shape index (κ3) is 3.81. The maximum absolute atomic E-state index is 13.3. The van der Waals surface area contributed by atoms with E-state index in [4.69, 9.17) is 0 Å². The van der Waals surface area contributed by atoms with Crippen LogP contribution in [0.2, 0.25) is 0 Å². The lowest BCUT2D eigenvalue weighted by Gasteiger charge is -2.21. The molecule has 0 bridgehead atoms. The number of halogens is 1. The van der Waals surface area contributed by atoms with Gasteiger partial charge in [-0.1, -0.05) is 37.3 Å². The van der Waals surface area contributed by atoms with E-state index in [1.165, 1.54) is 17.2 Å². The van der Waals surface area contributed by atoms with Crippen LogP contribution in [0, 0.1) is 5.82 Å². The summed E-state index contributed by atoms with van der Waals surface area (Å²) in [6.45, 7) is 4.68. The van der Waals surface area contributed by atoms with E-state index in [-0.39, 0.29) is 5.82 Å². The van der Waals surface area contributed by atoms with Crippen LogP contribution in [0.25, 0.3) is 0 Å². The normalized spacial score (nSPS) is 10.6. The number of nitrogens with one attached hydrogen (secondary N) is 1. The number of hydrogen-bond acceptors (Lipinski definition) is 2. The van der Waals surface area contributed by atoms with Crippen molar-refractivity contribution in [3.8, 4) is 0 Å². The molecule has 0 heterocycles. The first kappa shape index (κ1) is 14.5. The molecule has 0 unspecified atom stereocenters. The molecule has 2 nitrogen and oxygen atoms in total. The number of anilines is 1. The number of hydrogen-bond donors (Lipinski definition) is 1. The Bertz CT molecular complexity index is 554. The Balaban J connectivity index is 2.13. The lowest BCUT2D eigenvalue weighted by molar-refractivity contribution is 0.627. The second-order valence-corrected chi connectivity index (χ2v) is 4.88. The molecule has 0 aliphatic heterocycles. The average molecular weight is 272 g/mol. The molecule has 20 heavy (non-hydrogen) atoms. The summed E-state index contributed by atoms with van der Waals surface area (Å²) in [7, 11) is 1.98. The fourth-order valence-electron chi connectivity index (χ4n) is 2.20. The molecule has 0 radical (unpaired) electrons. The van der Waals surface area contributed by atoms with Crippen LogP contribution in [-0.4, -0.2) is 13.6 Å². The molecule has 0 spiro atoms. The fraction of sp³-hybridized carbons (Fsp3) is 0.294. The Hall–Kier alpha value is -1.87. The van der Waals surface area contributed by atoms with Gasteiger partial charge in [-0.25, -0.2) is 4.39 Å². The quantitative estimate of drug-likeness (QED) is 0.865. The van der Waals surface area contributed by atoms with Crippen molar-refractivity contribution in [3.63, 3.8) is 0 Å². The zero-order valence-electron chi connectivity index (χ0n) is 12.1. The Morgan fingerprint density at radius 2 is 1.80 bits per heavy atom. The van der Waals surface area contributed by atoms with E-state index in [0.717, 1.165) is 25.3 Å². The van der Waals surface area contributed by atoms with Crippen molar-refractivity contribution in [2.45, 2.75) is 20.0 Å². The van der Waals surface area contributed by atoms with Gasteiger partial charge in [-0.3, -0.25) is 0 Å². The maximum atomic E-state index is 13.3. The third-order valence-corrected chi connectivity index (χ3v) is 3.34. The van der Waals surface area contributed by atoms with E-state index in [2.05, 4.69) is 35.3 Å². The highest BCUT2D eigenvalue weighted by Gasteiger charge is 2.06. The van der Waals surface area contributed by atoms with Crippen LogP contribution in [0.3, 0.4) is 0 Å². The van der Waals surface area contributed by atoms with Crippen molar-refractivity contribution in [1.29, 1.82) is 0 Å². The lowest BCUT2D eigenvalue weighted by atomic mass is 10.1. The zero-order valence-corrected chi connectivity index (χ0v) is 12.1. The van der Waals surface area contributed by atoms with E-state index in [9.17, 15) is 4.39 Å². The Labute approximate surface area is 120 Å².